The molecule has 1 aromatic carbocycles. The maximum atomic E-state index is 6.23. The highest BCUT2D eigenvalue weighted by Crippen LogP contribution is 2.23. The molecule has 0 saturated carbocycles. The van der Waals surface area contributed by atoms with Gasteiger partial charge in [-0.3, -0.25) is 4.90 Å². The first kappa shape index (κ1) is 13.3. The van der Waals surface area contributed by atoms with E-state index in [1.807, 2.05) is 12.1 Å². The van der Waals surface area contributed by atoms with E-state index in [4.69, 9.17) is 16.3 Å². The first-order valence-electron chi connectivity index (χ1n) is 5.86. The molecule has 0 bridgehead atoms. The Balaban J connectivity index is 2.04. The molecular weight excluding hydrogens is 302 g/mol. The zero-order chi connectivity index (χ0) is 12.4. The van der Waals surface area contributed by atoms with Gasteiger partial charge in [-0.2, -0.15) is 0 Å². The van der Waals surface area contributed by atoms with Crippen LogP contribution in [-0.2, 0) is 11.3 Å². The zero-order valence-corrected chi connectivity index (χ0v) is 12.5. The Morgan fingerprint density at radius 2 is 2.00 bits per heavy atom. The van der Waals surface area contributed by atoms with Crippen molar-refractivity contribution in [2.75, 3.05) is 13.1 Å². The molecule has 0 N–H and O–H groups in total. The van der Waals surface area contributed by atoms with Gasteiger partial charge in [-0.05, 0) is 31.5 Å². The maximum Gasteiger partial charge on any atom is 0.0678 e. The van der Waals surface area contributed by atoms with Gasteiger partial charge in [0.2, 0.25) is 0 Å². The van der Waals surface area contributed by atoms with Gasteiger partial charge in [-0.15, -0.1) is 0 Å². The van der Waals surface area contributed by atoms with E-state index in [1.54, 1.807) is 0 Å². The van der Waals surface area contributed by atoms with Gasteiger partial charge in [0, 0.05) is 29.1 Å². The lowest BCUT2D eigenvalue weighted by atomic mass is 10.1. The molecule has 0 aliphatic carbocycles. The van der Waals surface area contributed by atoms with Gasteiger partial charge >= 0.3 is 0 Å². The largest absolute Gasteiger partial charge is 0.373 e. The smallest absolute Gasteiger partial charge is 0.0678 e. The minimum Gasteiger partial charge on any atom is -0.373 e. The van der Waals surface area contributed by atoms with Gasteiger partial charge in [0.25, 0.3) is 0 Å². The number of morpholine rings is 1. The Morgan fingerprint density at radius 1 is 1.35 bits per heavy atom. The van der Waals surface area contributed by atoms with Gasteiger partial charge in [-0.25, -0.2) is 0 Å². The van der Waals surface area contributed by atoms with Crippen LogP contribution in [0.25, 0.3) is 0 Å². The summed E-state index contributed by atoms with van der Waals surface area (Å²) in [6.07, 6.45) is 0.598. The third-order valence-electron chi connectivity index (χ3n) is 2.90. The number of ether oxygens (including phenoxy) is 1. The molecule has 1 aliphatic heterocycles. The maximum absolute atomic E-state index is 6.23. The van der Waals surface area contributed by atoms with Gasteiger partial charge in [0.1, 0.15) is 0 Å². The van der Waals surface area contributed by atoms with Crippen molar-refractivity contribution in [1.29, 1.82) is 0 Å². The minimum absolute atomic E-state index is 0.299. The fraction of sp³-hybridized carbons (Fsp3) is 0.538. The summed E-state index contributed by atoms with van der Waals surface area (Å²) in [6.45, 7) is 7.06. The highest BCUT2D eigenvalue weighted by atomic mass is 79.9. The lowest BCUT2D eigenvalue weighted by Crippen LogP contribution is -2.44. The summed E-state index contributed by atoms with van der Waals surface area (Å²) in [5.74, 6) is 0. The van der Waals surface area contributed by atoms with E-state index in [0.717, 1.165) is 29.1 Å². The van der Waals surface area contributed by atoms with Crippen molar-refractivity contribution in [2.24, 2.45) is 0 Å². The first-order valence-corrected chi connectivity index (χ1v) is 7.03. The normalized spacial score (nSPS) is 26.1. The van der Waals surface area contributed by atoms with Gasteiger partial charge in [0.15, 0.2) is 0 Å². The van der Waals surface area contributed by atoms with Crippen LogP contribution in [-0.4, -0.2) is 30.2 Å². The van der Waals surface area contributed by atoms with E-state index in [2.05, 4.69) is 40.7 Å². The van der Waals surface area contributed by atoms with Crippen molar-refractivity contribution < 1.29 is 4.74 Å². The molecule has 2 rings (SSSR count). The predicted molar refractivity (Wildman–Crippen MR) is 74.4 cm³/mol. The van der Waals surface area contributed by atoms with Crippen LogP contribution >= 0.6 is 27.5 Å². The number of hydrogen-bond donors (Lipinski definition) is 0. The highest BCUT2D eigenvalue weighted by Gasteiger charge is 2.22. The average Bonchev–Trinajstić information content (AvgIpc) is 2.21. The molecule has 2 atom stereocenters. The van der Waals surface area contributed by atoms with Crippen molar-refractivity contribution in [3.8, 4) is 0 Å². The molecule has 0 aromatic heterocycles. The summed E-state index contributed by atoms with van der Waals surface area (Å²) in [5.41, 5.74) is 1.18. The predicted octanol–water partition coefficient (Wildman–Crippen LogP) is 3.71. The molecule has 0 radical (unpaired) electrons. The first-order chi connectivity index (χ1) is 8.04. The second kappa shape index (κ2) is 5.70. The molecule has 1 saturated heterocycles. The lowest BCUT2D eigenvalue weighted by molar-refractivity contribution is -0.0704. The SMILES string of the molecule is CC1CN(Cc2ccc(Br)cc2Cl)CC(C)O1. The van der Waals surface area contributed by atoms with E-state index in [0.29, 0.717) is 12.2 Å². The highest BCUT2D eigenvalue weighted by molar-refractivity contribution is 9.10. The van der Waals surface area contributed by atoms with Crippen molar-refractivity contribution in [3.05, 3.63) is 33.3 Å². The molecular formula is C13H17BrClNO. The molecule has 0 amide bonds. The van der Waals surface area contributed by atoms with Crippen LogP contribution in [0.5, 0.6) is 0 Å². The second-order valence-corrected chi connectivity index (χ2v) is 6.01. The van der Waals surface area contributed by atoms with E-state index in [1.165, 1.54) is 5.56 Å². The van der Waals surface area contributed by atoms with E-state index in [-0.39, 0.29) is 0 Å². The second-order valence-electron chi connectivity index (χ2n) is 4.69. The molecule has 94 valence electrons. The van der Waals surface area contributed by atoms with Crippen molar-refractivity contribution in [1.82, 2.24) is 4.90 Å². The monoisotopic (exact) mass is 317 g/mol. The Bertz CT molecular complexity index is 389. The van der Waals surface area contributed by atoms with E-state index in [9.17, 15) is 0 Å². The van der Waals surface area contributed by atoms with Gasteiger partial charge < -0.3 is 4.74 Å². The summed E-state index contributed by atoms with van der Waals surface area (Å²) < 4.78 is 6.74. The Kier molecular flexibility index (Phi) is 4.47. The Hall–Kier alpha value is -0.0900. The molecule has 2 nitrogen and oxygen atoms in total. The van der Waals surface area contributed by atoms with Crippen LogP contribution in [0.4, 0.5) is 0 Å². The number of nitrogens with zero attached hydrogens (tertiary/aromatic N) is 1. The molecule has 4 heteroatoms. The number of rotatable bonds is 2. The molecule has 2 unspecified atom stereocenters. The summed E-state index contributed by atoms with van der Waals surface area (Å²) in [7, 11) is 0. The van der Waals surface area contributed by atoms with Crippen LogP contribution < -0.4 is 0 Å². The fourth-order valence-corrected chi connectivity index (χ4v) is 3.04. The number of halogens is 2. The zero-order valence-electron chi connectivity index (χ0n) is 10.1. The van der Waals surface area contributed by atoms with Crippen molar-refractivity contribution >= 4 is 27.5 Å². The third kappa shape index (κ3) is 3.68. The number of benzene rings is 1. The van der Waals surface area contributed by atoms with Gasteiger partial charge in [0.05, 0.1) is 12.2 Å². The summed E-state index contributed by atoms with van der Waals surface area (Å²) in [6, 6.07) is 6.07. The van der Waals surface area contributed by atoms with Gasteiger partial charge in [-0.1, -0.05) is 33.6 Å². The van der Waals surface area contributed by atoms with Crippen LogP contribution in [0.2, 0.25) is 5.02 Å². The van der Waals surface area contributed by atoms with Crippen LogP contribution in [0.3, 0.4) is 0 Å². The van der Waals surface area contributed by atoms with Crippen LogP contribution in [0.15, 0.2) is 22.7 Å². The average molecular weight is 319 g/mol. The standard InChI is InChI=1S/C13H17BrClNO/c1-9-6-16(7-10(2)17-9)8-11-3-4-12(14)5-13(11)15/h3-5,9-10H,6-8H2,1-2H3. The topological polar surface area (TPSA) is 12.5 Å². The van der Waals surface area contributed by atoms with Crippen LogP contribution in [0.1, 0.15) is 19.4 Å². The van der Waals surface area contributed by atoms with Crippen molar-refractivity contribution in [3.63, 3.8) is 0 Å². The fourth-order valence-electron chi connectivity index (χ4n) is 2.30. The van der Waals surface area contributed by atoms with E-state index >= 15 is 0 Å². The Morgan fingerprint density at radius 3 is 2.59 bits per heavy atom. The molecule has 1 aliphatic rings. The summed E-state index contributed by atoms with van der Waals surface area (Å²) >= 11 is 9.66. The van der Waals surface area contributed by atoms with E-state index < -0.39 is 0 Å². The van der Waals surface area contributed by atoms with Crippen molar-refractivity contribution in [2.45, 2.75) is 32.6 Å². The summed E-state index contributed by atoms with van der Waals surface area (Å²) in [5, 5.41) is 0.825. The lowest BCUT2D eigenvalue weighted by Gasteiger charge is -2.35. The quantitative estimate of drug-likeness (QED) is 0.824. The molecule has 0 spiro atoms. The minimum atomic E-state index is 0.299. The van der Waals surface area contributed by atoms with Crippen LogP contribution in [0, 0.1) is 0 Å². The Labute approximate surface area is 116 Å². The number of hydrogen-bond acceptors (Lipinski definition) is 2. The summed E-state index contributed by atoms with van der Waals surface area (Å²) in [4.78, 5) is 2.40. The molecule has 1 heterocycles. The molecule has 17 heavy (non-hydrogen) atoms. The third-order valence-corrected chi connectivity index (χ3v) is 3.75. The molecule has 1 fully saturated rings. The molecule has 1 aromatic rings.